The number of benzene rings is 2. The van der Waals surface area contributed by atoms with E-state index in [1.165, 1.54) is 54.7 Å². The fraction of sp³-hybridized carbons (Fsp3) is 0. The van der Waals surface area contributed by atoms with Crippen LogP contribution in [0.25, 0.3) is 0 Å². The maximum absolute atomic E-state index is 12.3. The molecule has 2 aromatic carbocycles. The molecule has 3 rings (SSSR count). The minimum absolute atomic E-state index is 0.0231. The van der Waals surface area contributed by atoms with E-state index in [0.717, 1.165) is 0 Å². The molecule has 6 N–H and O–H groups in total. The van der Waals surface area contributed by atoms with Gasteiger partial charge >= 0.3 is 13.8 Å². The zero-order valence-corrected chi connectivity index (χ0v) is 18.1. The Labute approximate surface area is 187 Å². The molecule has 0 fully saturated rings. The highest BCUT2D eigenvalue weighted by Gasteiger charge is 2.14. The van der Waals surface area contributed by atoms with Gasteiger partial charge in [0.15, 0.2) is 0 Å². The number of phenols is 1. The molecule has 1 aromatic heterocycles. The Morgan fingerprint density at radius 2 is 1.52 bits per heavy atom. The Balaban J connectivity index is 0.000000696. The minimum atomic E-state index is -4.64. The molecule has 0 atom stereocenters. The maximum Gasteiger partial charge on any atom is 0.466 e. The zero-order valence-electron chi connectivity index (χ0n) is 16.4. The van der Waals surface area contributed by atoms with Crippen LogP contribution < -0.4 is 4.72 Å². The summed E-state index contributed by atoms with van der Waals surface area (Å²) in [5.41, 5.74) is 0.295. The van der Waals surface area contributed by atoms with Gasteiger partial charge in [0, 0.05) is 6.20 Å². The number of pyridine rings is 1. The lowest BCUT2D eigenvalue weighted by molar-refractivity contribution is 0.0693. The largest absolute Gasteiger partial charge is 0.507 e. The number of anilines is 1. The van der Waals surface area contributed by atoms with Crippen LogP contribution in [0.5, 0.6) is 5.75 Å². The quantitative estimate of drug-likeness (QED) is 0.216. The monoisotopic (exact) mass is 496 g/mol. The molecule has 0 bridgehead atoms. The first-order valence-corrected chi connectivity index (χ1v) is 11.7. The lowest BCUT2D eigenvalue weighted by Crippen LogP contribution is -2.13. The maximum atomic E-state index is 12.3. The van der Waals surface area contributed by atoms with Crippen molar-refractivity contribution in [1.29, 1.82) is 0 Å². The number of sulfonamides is 1. The van der Waals surface area contributed by atoms with E-state index >= 15 is 0 Å². The van der Waals surface area contributed by atoms with E-state index in [2.05, 4.69) is 19.9 Å². The van der Waals surface area contributed by atoms with Crippen molar-refractivity contribution in [2.24, 2.45) is 10.2 Å². The molecule has 15 heteroatoms. The molecule has 0 aliphatic carbocycles. The summed E-state index contributed by atoms with van der Waals surface area (Å²) in [6.45, 7) is 0. The fourth-order valence-electron chi connectivity index (χ4n) is 2.18. The summed E-state index contributed by atoms with van der Waals surface area (Å²) < 4.78 is 35.9. The van der Waals surface area contributed by atoms with E-state index in [-0.39, 0.29) is 27.7 Å². The molecule has 0 saturated heterocycles. The smallest absolute Gasteiger partial charge is 0.466 e. The molecule has 0 aliphatic heterocycles. The number of carbonyl (C=O) groups is 1. The molecule has 174 valence electrons. The third kappa shape index (κ3) is 8.76. The van der Waals surface area contributed by atoms with Crippen LogP contribution in [-0.2, 0) is 14.6 Å². The Morgan fingerprint density at radius 3 is 2.06 bits per heavy atom. The van der Waals surface area contributed by atoms with Crippen molar-refractivity contribution in [2.75, 3.05) is 4.72 Å². The predicted octanol–water partition coefficient (Wildman–Crippen LogP) is 2.77. The number of azo groups is 1. The molecular formula is C18H17N4O9PS. The van der Waals surface area contributed by atoms with Crippen LogP contribution >= 0.6 is 7.82 Å². The van der Waals surface area contributed by atoms with E-state index in [0.29, 0.717) is 5.69 Å². The van der Waals surface area contributed by atoms with Crippen LogP contribution in [0.15, 0.2) is 82.0 Å². The molecule has 0 amide bonds. The normalized spacial score (nSPS) is 11.5. The lowest BCUT2D eigenvalue weighted by atomic mass is 10.2. The zero-order chi connectivity index (χ0) is 24.6. The van der Waals surface area contributed by atoms with Crippen molar-refractivity contribution in [3.8, 4) is 5.75 Å². The number of rotatable bonds is 6. The van der Waals surface area contributed by atoms with Gasteiger partial charge in [-0.05, 0) is 54.6 Å². The van der Waals surface area contributed by atoms with Crippen molar-refractivity contribution < 1.29 is 42.7 Å². The minimum Gasteiger partial charge on any atom is -0.507 e. The number of phosphoric acid groups is 1. The third-order valence-corrected chi connectivity index (χ3v) is 4.91. The number of aromatic hydroxyl groups is 1. The lowest BCUT2D eigenvalue weighted by Gasteiger charge is -2.07. The summed E-state index contributed by atoms with van der Waals surface area (Å²) in [6.07, 6.45) is 1.47. The number of nitrogens with one attached hydrogen (secondary N) is 1. The van der Waals surface area contributed by atoms with E-state index in [1.54, 1.807) is 12.1 Å². The first kappa shape index (κ1) is 25.6. The number of aromatic nitrogens is 1. The van der Waals surface area contributed by atoms with Crippen LogP contribution in [0.1, 0.15) is 10.4 Å². The van der Waals surface area contributed by atoms with Gasteiger partial charge in [-0.25, -0.2) is 22.8 Å². The molecule has 0 spiro atoms. The molecule has 0 saturated carbocycles. The van der Waals surface area contributed by atoms with Gasteiger partial charge in [0.1, 0.15) is 17.1 Å². The van der Waals surface area contributed by atoms with Crippen molar-refractivity contribution >= 4 is 41.0 Å². The Kier molecular flexibility index (Phi) is 8.34. The van der Waals surface area contributed by atoms with Crippen LogP contribution in [0.2, 0.25) is 0 Å². The summed E-state index contributed by atoms with van der Waals surface area (Å²) in [7, 11) is -8.43. The summed E-state index contributed by atoms with van der Waals surface area (Å²) in [5.74, 6) is -1.46. The van der Waals surface area contributed by atoms with E-state index in [1.807, 2.05) is 0 Å². The first-order valence-electron chi connectivity index (χ1n) is 8.65. The van der Waals surface area contributed by atoms with Gasteiger partial charge in [0.05, 0.1) is 16.3 Å². The van der Waals surface area contributed by atoms with Crippen LogP contribution in [0.4, 0.5) is 17.2 Å². The number of carboxylic acid groups (broad SMARTS) is 1. The second-order valence-corrected chi connectivity index (χ2v) is 8.74. The number of nitrogens with zero attached hydrogens (tertiary/aromatic N) is 3. The molecule has 1 heterocycles. The SMILES string of the molecule is O=C(O)c1cc(N=Nc2ccc(S(=O)(=O)Nc3ccccn3)cc2)ccc1O.O=P(O)(O)O. The number of aromatic carboxylic acids is 1. The van der Waals surface area contributed by atoms with Gasteiger partial charge in [0.2, 0.25) is 0 Å². The standard InChI is InChI=1S/C18H14N4O5S.H3O4P/c23-16-9-6-13(11-15(16)18(24)25)21-20-12-4-7-14(8-5-12)28(26,27)22-17-3-1-2-10-19-17;1-5(2,3)4/h1-11,23H,(H,19,22)(H,24,25);(H3,1,2,3,4). The third-order valence-electron chi connectivity index (χ3n) is 3.54. The highest BCUT2D eigenvalue weighted by molar-refractivity contribution is 7.92. The number of hydrogen-bond acceptors (Lipinski definition) is 8. The highest BCUT2D eigenvalue weighted by atomic mass is 32.2. The van der Waals surface area contributed by atoms with E-state index in [9.17, 15) is 18.3 Å². The molecule has 3 aromatic rings. The summed E-state index contributed by atoms with van der Waals surface area (Å²) in [4.78, 5) is 36.5. The van der Waals surface area contributed by atoms with E-state index < -0.39 is 23.8 Å². The number of carboxylic acids is 1. The Bertz CT molecular complexity index is 1290. The van der Waals surface area contributed by atoms with Gasteiger partial charge in [-0.15, -0.1) is 0 Å². The predicted molar refractivity (Wildman–Crippen MR) is 115 cm³/mol. The molecule has 33 heavy (non-hydrogen) atoms. The first-order chi connectivity index (χ1) is 15.3. The van der Waals surface area contributed by atoms with Gasteiger partial charge in [-0.3, -0.25) is 4.72 Å². The Hall–Kier alpha value is -3.68. The molecule has 0 aliphatic rings. The van der Waals surface area contributed by atoms with Crippen LogP contribution in [0.3, 0.4) is 0 Å². The summed E-state index contributed by atoms with van der Waals surface area (Å²) >= 11 is 0. The van der Waals surface area contributed by atoms with Crippen molar-refractivity contribution in [3.63, 3.8) is 0 Å². The molecule has 13 nitrogen and oxygen atoms in total. The van der Waals surface area contributed by atoms with Gasteiger partial charge in [0.25, 0.3) is 10.0 Å². The van der Waals surface area contributed by atoms with Crippen molar-refractivity contribution in [3.05, 3.63) is 72.4 Å². The van der Waals surface area contributed by atoms with Gasteiger partial charge in [-0.1, -0.05) is 6.07 Å². The number of hydrogen-bond donors (Lipinski definition) is 6. The molecule has 0 unspecified atom stereocenters. The highest BCUT2D eigenvalue weighted by Crippen LogP contribution is 2.26. The molecule has 0 radical (unpaired) electrons. The Morgan fingerprint density at radius 1 is 0.939 bits per heavy atom. The van der Waals surface area contributed by atoms with Gasteiger partial charge in [-0.2, -0.15) is 10.2 Å². The van der Waals surface area contributed by atoms with Crippen LogP contribution in [-0.4, -0.2) is 44.3 Å². The van der Waals surface area contributed by atoms with Crippen molar-refractivity contribution in [1.82, 2.24) is 4.98 Å². The second-order valence-electron chi connectivity index (χ2n) is 6.03. The topological polar surface area (TPSA) is 219 Å². The summed E-state index contributed by atoms with van der Waals surface area (Å²) in [6, 6.07) is 14.3. The second kappa shape index (κ2) is 10.8. The summed E-state index contributed by atoms with van der Waals surface area (Å²) in [5, 5.41) is 26.3. The van der Waals surface area contributed by atoms with Crippen LogP contribution in [0, 0.1) is 0 Å². The average molecular weight is 496 g/mol. The van der Waals surface area contributed by atoms with Gasteiger partial charge < -0.3 is 24.9 Å². The molecular weight excluding hydrogens is 479 g/mol. The average Bonchev–Trinajstić information content (AvgIpc) is 2.72. The fourth-order valence-corrected chi connectivity index (χ4v) is 3.19. The van der Waals surface area contributed by atoms with E-state index in [4.69, 9.17) is 24.4 Å². The van der Waals surface area contributed by atoms with Crippen molar-refractivity contribution in [2.45, 2.75) is 4.90 Å².